The van der Waals surface area contributed by atoms with Crippen LogP contribution in [0.4, 0.5) is 8.78 Å². The first-order chi connectivity index (χ1) is 11.4. The number of carboxylic acids is 1. The van der Waals surface area contributed by atoms with Gasteiger partial charge in [-0.2, -0.15) is 14.0 Å². The number of thioether (sulfide) groups is 1. The lowest BCUT2D eigenvalue weighted by molar-refractivity contribution is -0.320. The number of aromatic nitrogens is 2. The summed E-state index contributed by atoms with van der Waals surface area (Å²) in [4.78, 5) is 14.3. The molecule has 24 heavy (non-hydrogen) atoms. The van der Waals surface area contributed by atoms with Gasteiger partial charge in [-0.05, 0) is 23.9 Å². The van der Waals surface area contributed by atoms with Crippen LogP contribution in [0.15, 0.2) is 53.9 Å². The first kappa shape index (κ1) is 16.0. The Morgan fingerprint density at radius 1 is 1.25 bits per heavy atom. The van der Waals surface area contributed by atoms with Crippen LogP contribution in [0.1, 0.15) is 5.56 Å². The Labute approximate surface area is 139 Å². The van der Waals surface area contributed by atoms with Gasteiger partial charge in [-0.1, -0.05) is 24.3 Å². The van der Waals surface area contributed by atoms with E-state index in [1.807, 2.05) is 0 Å². The molecule has 8 heteroatoms. The van der Waals surface area contributed by atoms with Gasteiger partial charge in [-0.25, -0.2) is 4.98 Å². The number of halogens is 2. The maximum absolute atomic E-state index is 13.4. The topological polar surface area (TPSA) is 81.7 Å². The third kappa shape index (κ3) is 2.70. The molecule has 0 fully saturated rings. The lowest BCUT2D eigenvalue weighted by Gasteiger charge is -2.17. The predicted octanol–water partition coefficient (Wildman–Crippen LogP) is 2.33. The minimum Gasteiger partial charge on any atom is -0.543 e. The van der Waals surface area contributed by atoms with Crippen LogP contribution >= 0.6 is 11.8 Å². The van der Waals surface area contributed by atoms with Crippen molar-refractivity contribution < 1.29 is 18.7 Å². The number of carbonyl (C=O) groups is 1. The average molecular weight is 344 g/mol. The van der Waals surface area contributed by atoms with Crippen LogP contribution in [0.2, 0.25) is 0 Å². The average Bonchev–Trinajstić information content (AvgIpc) is 3.00. The van der Waals surface area contributed by atoms with Crippen LogP contribution in [-0.4, -0.2) is 20.8 Å². The van der Waals surface area contributed by atoms with Crippen molar-refractivity contribution in [1.82, 2.24) is 9.55 Å². The molecule has 0 atom stereocenters. The van der Waals surface area contributed by atoms with Crippen molar-refractivity contribution in [3.8, 4) is 11.8 Å². The van der Waals surface area contributed by atoms with Gasteiger partial charge in [0, 0.05) is 23.2 Å². The summed E-state index contributed by atoms with van der Waals surface area (Å²) >= 11 is -0.208. The number of rotatable bonds is 4. The van der Waals surface area contributed by atoms with Crippen molar-refractivity contribution in [3.05, 3.63) is 54.4 Å². The summed E-state index contributed by atoms with van der Waals surface area (Å²) < 4.78 is 28.2. The second-order valence-corrected chi connectivity index (χ2v) is 5.86. The van der Waals surface area contributed by atoms with Gasteiger partial charge in [-0.3, -0.25) is 4.57 Å². The molecule has 0 radical (unpaired) electrons. The summed E-state index contributed by atoms with van der Waals surface area (Å²) in [7, 11) is 0. The molecule has 0 unspecified atom stereocenters. The Hall–Kier alpha value is -2.92. The predicted molar refractivity (Wildman–Crippen MR) is 81.6 cm³/mol. The zero-order valence-corrected chi connectivity index (χ0v) is 12.8. The lowest BCUT2D eigenvalue weighted by Crippen LogP contribution is -2.39. The molecular weight excluding hydrogens is 336 g/mol. The number of nitriles is 1. The number of alkyl halides is 2. The molecule has 5 nitrogen and oxygen atoms in total. The number of carboxylic acid groups (broad SMARTS) is 1. The number of aliphatic carboxylic acids is 1. The van der Waals surface area contributed by atoms with Gasteiger partial charge in [0.2, 0.25) is 0 Å². The van der Waals surface area contributed by atoms with E-state index in [-0.39, 0.29) is 16.9 Å². The molecule has 0 amide bonds. The maximum Gasteiger partial charge on any atom is 0.340 e. The molecule has 2 aromatic carbocycles. The summed E-state index contributed by atoms with van der Waals surface area (Å²) in [6.07, 6.45) is 2.74. The van der Waals surface area contributed by atoms with E-state index in [1.165, 1.54) is 17.0 Å². The van der Waals surface area contributed by atoms with Gasteiger partial charge < -0.3 is 9.90 Å². The molecule has 0 saturated heterocycles. The molecule has 0 aliphatic carbocycles. The van der Waals surface area contributed by atoms with Gasteiger partial charge in [0.1, 0.15) is 5.97 Å². The van der Waals surface area contributed by atoms with Crippen molar-refractivity contribution in [3.63, 3.8) is 0 Å². The molecule has 0 saturated carbocycles. The largest absolute Gasteiger partial charge is 0.543 e. The third-order valence-corrected chi connectivity index (χ3v) is 4.25. The van der Waals surface area contributed by atoms with Crippen LogP contribution in [0.5, 0.6) is 0 Å². The van der Waals surface area contributed by atoms with Crippen LogP contribution in [0.3, 0.4) is 0 Å². The van der Waals surface area contributed by atoms with Gasteiger partial charge in [0.05, 0.1) is 17.3 Å². The zero-order valence-electron chi connectivity index (χ0n) is 11.9. The molecule has 0 aliphatic heterocycles. The highest BCUT2D eigenvalue weighted by molar-refractivity contribution is 8.00. The third-order valence-electron chi connectivity index (χ3n) is 3.34. The fraction of sp³-hybridized carbons (Fsp3) is 0.0625. The monoisotopic (exact) mass is 344 g/mol. The van der Waals surface area contributed by atoms with E-state index in [0.717, 1.165) is 0 Å². The molecule has 0 spiro atoms. The van der Waals surface area contributed by atoms with Crippen LogP contribution < -0.4 is 5.11 Å². The molecule has 3 rings (SSSR count). The van der Waals surface area contributed by atoms with Crippen molar-refractivity contribution in [1.29, 1.82) is 5.26 Å². The minimum atomic E-state index is -4.11. The molecule has 0 aliphatic rings. The summed E-state index contributed by atoms with van der Waals surface area (Å²) in [5.41, 5.74) is 0.961. The fourth-order valence-corrected chi connectivity index (χ4v) is 2.98. The Kier molecular flexibility index (Phi) is 3.95. The molecule has 3 aromatic rings. The van der Waals surface area contributed by atoms with Crippen LogP contribution in [0.25, 0.3) is 16.5 Å². The van der Waals surface area contributed by atoms with Crippen LogP contribution in [0, 0.1) is 11.3 Å². The molecule has 1 aromatic heterocycles. The second kappa shape index (κ2) is 5.94. The number of carbonyl (C=O) groups excluding carboxylic acids is 1. The summed E-state index contributed by atoms with van der Waals surface area (Å²) in [5.74, 6) is -2.48. The fourth-order valence-electron chi connectivity index (χ4n) is 2.30. The van der Waals surface area contributed by atoms with Gasteiger partial charge >= 0.3 is 5.25 Å². The van der Waals surface area contributed by atoms with E-state index in [1.54, 1.807) is 36.4 Å². The standard InChI is InChI=1S/C16H9F2N3O2S/c17-16(18,14(22)23)24-15-20-7-8-21(15)13-6-5-10(9-19)11-3-1-2-4-12(11)13/h1-8H,(H,22,23)/p-1. The highest BCUT2D eigenvalue weighted by Crippen LogP contribution is 2.36. The van der Waals surface area contributed by atoms with E-state index in [2.05, 4.69) is 11.1 Å². The van der Waals surface area contributed by atoms with Crippen molar-refractivity contribution in [2.45, 2.75) is 10.4 Å². The first-order valence-electron chi connectivity index (χ1n) is 6.68. The Bertz CT molecular complexity index is 979. The van der Waals surface area contributed by atoms with E-state index in [9.17, 15) is 23.9 Å². The Balaban J connectivity index is 2.16. The molecule has 1 heterocycles. The maximum atomic E-state index is 13.4. The number of nitrogens with zero attached hydrogens (tertiary/aromatic N) is 3. The van der Waals surface area contributed by atoms with E-state index < -0.39 is 11.2 Å². The van der Waals surface area contributed by atoms with E-state index >= 15 is 0 Å². The number of fused-ring (bicyclic) bond motifs is 1. The zero-order chi connectivity index (χ0) is 17.3. The molecule has 0 bridgehead atoms. The smallest absolute Gasteiger partial charge is 0.340 e. The van der Waals surface area contributed by atoms with Crippen molar-refractivity contribution >= 4 is 28.5 Å². The Morgan fingerprint density at radius 3 is 2.62 bits per heavy atom. The van der Waals surface area contributed by atoms with Gasteiger partial charge in [0.25, 0.3) is 0 Å². The quantitative estimate of drug-likeness (QED) is 0.679. The number of benzene rings is 2. The van der Waals surface area contributed by atoms with Gasteiger partial charge in [0.15, 0.2) is 5.16 Å². The molecular formula is C16H8F2N3O2S-. The highest BCUT2D eigenvalue weighted by Gasteiger charge is 2.34. The Morgan fingerprint density at radius 2 is 1.96 bits per heavy atom. The lowest BCUT2D eigenvalue weighted by atomic mass is 10.0. The van der Waals surface area contributed by atoms with Gasteiger partial charge in [-0.15, -0.1) is 0 Å². The highest BCUT2D eigenvalue weighted by atomic mass is 32.2. The first-order valence-corrected chi connectivity index (χ1v) is 7.49. The second-order valence-electron chi connectivity index (χ2n) is 4.78. The summed E-state index contributed by atoms with van der Waals surface area (Å²) in [6, 6.07) is 12.3. The van der Waals surface area contributed by atoms with Crippen molar-refractivity contribution in [2.75, 3.05) is 0 Å². The normalized spacial score (nSPS) is 11.4. The minimum absolute atomic E-state index is 0.195. The summed E-state index contributed by atoms with van der Waals surface area (Å²) in [6.45, 7) is 0. The summed E-state index contributed by atoms with van der Waals surface area (Å²) in [5, 5.41) is 16.7. The molecule has 0 N–H and O–H groups in total. The van der Waals surface area contributed by atoms with E-state index in [4.69, 9.17) is 0 Å². The number of hydrogen-bond acceptors (Lipinski definition) is 5. The molecule has 120 valence electrons. The number of imidazole rings is 1. The van der Waals surface area contributed by atoms with Crippen molar-refractivity contribution in [2.24, 2.45) is 0 Å². The van der Waals surface area contributed by atoms with Crippen LogP contribution in [-0.2, 0) is 4.79 Å². The number of hydrogen-bond donors (Lipinski definition) is 0. The van der Waals surface area contributed by atoms with E-state index in [0.29, 0.717) is 22.0 Å². The SMILES string of the molecule is N#Cc1ccc(-n2ccnc2SC(F)(F)C(=O)[O-])c2ccccc12.